The van der Waals surface area contributed by atoms with E-state index in [-0.39, 0.29) is 0 Å². The fourth-order valence-electron chi connectivity index (χ4n) is 3.78. The van der Waals surface area contributed by atoms with Crippen LogP contribution in [0.1, 0.15) is 39.2 Å². The van der Waals surface area contributed by atoms with Gasteiger partial charge in [-0.05, 0) is 66.9 Å². The number of nitrogens with one attached hydrogen (secondary N) is 1. The highest BCUT2D eigenvalue weighted by atomic mass is 14.9. The monoisotopic (exact) mass is 420 g/mol. The van der Waals surface area contributed by atoms with Gasteiger partial charge in [0, 0.05) is 53.4 Å². The number of pyridine rings is 3. The molecule has 158 valence electrons. The first-order valence-electron chi connectivity index (χ1n) is 10.3. The molecule has 0 unspecified atom stereocenters. The van der Waals surface area contributed by atoms with Gasteiger partial charge in [-0.25, -0.2) is 4.98 Å². The summed E-state index contributed by atoms with van der Waals surface area (Å²) in [6, 6.07) is 16.0. The number of rotatable bonds is 6. The number of aryl methyl sites for hydroxylation is 2. The zero-order chi connectivity index (χ0) is 22.7. The molecular formula is C26H24N6. The molecule has 0 aliphatic heterocycles. The molecule has 0 saturated carbocycles. The van der Waals surface area contributed by atoms with Crippen molar-refractivity contribution in [3.63, 3.8) is 0 Å². The largest absolute Gasteiger partial charge is 0.384 e. The lowest BCUT2D eigenvalue weighted by atomic mass is 10.0. The fraction of sp³-hybridized carbons (Fsp3) is 0.154. The highest BCUT2D eigenvalue weighted by Crippen LogP contribution is 2.20. The summed E-state index contributed by atoms with van der Waals surface area (Å²) in [6.07, 6.45) is 4.07. The highest BCUT2D eigenvalue weighted by Gasteiger charge is 2.08. The summed E-state index contributed by atoms with van der Waals surface area (Å²) in [5.74, 6) is 0.537. The molecule has 0 aliphatic carbocycles. The van der Waals surface area contributed by atoms with Crippen LogP contribution in [0.3, 0.4) is 0 Å². The second-order valence-electron chi connectivity index (χ2n) is 7.84. The molecule has 0 spiro atoms. The van der Waals surface area contributed by atoms with Gasteiger partial charge in [-0.2, -0.15) is 5.26 Å². The van der Waals surface area contributed by atoms with Gasteiger partial charge in [0.2, 0.25) is 0 Å². The quantitative estimate of drug-likeness (QED) is 0.478. The van der Waals surface area contributed by atoms with Crippen LogP contribution in [-0.4, -0.2) is 15.0 Å². The van der Waals surface area contributed by atoms with Gasteiger partial charge in [-0.15, -0.1) is 0 Å². The van der Waals surface area contributed by atoms with E-state index >= 15 is 0 Å². The molecule has 3 heterocycles. The Morgan fingerprint density at radius 1 is 1.12 bits per heavy atom. The second-order valence-corrected chi connectivity index (χ2v) is 7.84. The molecular weight excluding hydrogens is 396 g/mol. The first-order chi connectivity index (χ1) is 15.4. The summed E-state index contributed by atoms with van der Waals surface area (Å²) in [5, 5.41) is 13.5. The van der Waals surface area contributed by atoms with Crippen molar-refractivity contribution in [2.75, 3.05) is 5.73 Å². The van der Waals surface area contributed by atoms with Gasteiger partial charge in [0.25, 0.3) is 0 Å². The first-order valence-corrected chi connectivity index (χ1v) is 10.3. The van der Waals surface area contributed by atoms with E-state index in [2.05, 4.69) is 39.0 Å². The summed E-state index contributed by atoms with van der Waals surface area (Å²) >= 11 is 0. The normalized spacial score (nSPS) is 10.7. The third-order valence-electron chi connectivity index (χ3n) is 5.48. The van der Waals surface area contributed by atoms with Crippen LogP contribution in [0.5, 0.6) is 0 Å². The van der Waals surface area contributed by atoms with E-state index in [4.69, 9.17) is 11.0 Å². The van der Waals surface area contributed by atoms with Crippen LogP contribution < -0.4 is 11.1 Å². The molecule has 4 aromatic rings. The molecule has 0 aliphatic rings. The Morgan fingerprint density at radius 3 is 2.75 bits per heavy atom. The Balaban J connectivity index is 1.49. The summed E-state index contributed by atoms with van der Waals surface area (Å²) in [7, 11) is 0. The molecule has 6 heteroatoms. The van der Waals surface area contributed by atoms with Crippen molar-refractivity contribution >= 4 is 22.4 Å². The van der Waals surface area contributed by atoms with Crippen molar-refractivity contribution in [1.29, 1.82) is 5.26 Å². The second kappa shape index (κ2) is 8.86. The summed E-state index contributed by atoms with van der Waals surface area (Å²) in [5.41, 5.74) is 14.3. The van der Waals surface area contributed by atoms with Crippen molar-refractivity contribution in [1.82, 2.24) is 20.3 Å². The zero-order valence-corrected chi connectivity index (χ0v) is 18.2. The van der Waals surface area contributed by atoms with Gasteiger partial charge in [0.15, 0.2) is 0 Å². The SMILES string of the molecule is C=C(NCc1c(C)cc(N)nc1C)c1ccnc(Cc2ccc3ncc(C#N)cc3c2)c1. The van der Waals surface area contributed by atoms with E-state index < -0.39 is 0 Å². The first kappa shape index (κ1) is 21.0. The third-order valence-corrected chi connectivity index (χ3v) is 5.48. The Morgan fingerprint density at radius 2 is 1.97 bits per heavy atom. The number of aromatic nitrogens is 3. The van der Waals surface area contributed by atoms with E-state index in [0.717, 1.165) is 50.2 Å². The molecule has 0 amide bonds. The average Bonchev–Trinajstić information content (AvgIpc) is 2.78. The van der Waals surface area contributed by atoms with Crippen molar-refractivity contribution < 1.29 is 0 Å². The lowest BCUT2D eigenvalue weighted by molar-refractivity contribution is 0.861. The van der Waals surface area contributed by atoms with Gasteiger partial charge >= 0.3 is 0 Å². The number of nitrogens with zero attached hydrogens (tertiary/aromatic N) is 4. The average molecular weight is 421 g/mol. The van der Waals surface area contributed by atoms with Gasteiger partial charge in [-0.1, -0.05) is 12.6 Å². The van der Waals surface area contributed by atoms with Gasteiger partial charge in [0.05, 0.1) is 11.1 Å². The van der Waals surface area contributed by atoms with Crippen molar-refractivity contribution in [3.05, 3.63) is 101 Å². The van der Waals surface area contributed by atoms with E-state index in [9.17, 15) is 0 Å². The van der Waals surface area contributed by atoms with Gasteiger partial charge in [0.1, 0.15) is 11.9 Å². The number of hydrogen-bond donors (Lipinski definition) is 2. The lowest BCUT2D eigenvalue weighted by Gasteiger charge is -2.14. The number of benzene rings is 1. The van der Waals surface area contributed by atoms with Crippen LogP contribution in [0, 0.1) is 25.2 Å². The number of hydrogen-bond acceptors (Lipinski definition) is 6. The third kappa shape index (κ3) is 4.57. The van der Waals surface area contributed by atoms with E-state index in [0.29, 0.717) is 24.3 Å². The molecule has 0 atom stereocenters. The number of nitrogens with two attached hydrogens (primary N) is 1. The predicted octanol–water partition coefficient (Wildman–Crippen LogP) is 4.45. The van der Waals surface area contributed by atoms with E-state index in [1.165, 1.54) is 0 Å². The molecule has 0 bridgehead atoms. The molecule has 0 saturated heterocycles. The smallest absolute Gasteiger partial charge is 0.123 e. The van der Waals surface area contributed by atoms with Crippen LogP contribution in [0.2, 0.25) is 0 Å². The molecule has 1 aromatic carbocycles. The minimum Gasteiger partial charge on any atom is -0.384 e. The lowest BCUT2D eigenvalue weighted by Crippen LogP contribution is -2.14. The molecule has 3 aromatic heterocycles. The maximum atomic E-state index is 9.12. The predicted molar refractivity (Wildman–Crippen MR) is 127 cm³/mol. The maximum absolute atomic E-state index is 9.12. The van der Waals surface area contributed by atoms with Crippen LogP contribution in [-0.2, 0) is 13.0 Å². The van der Waals surface area contributed by atoms with E-state index in [1.54, 1.807) is 12.4 Å². The summed E-state index contributed by atoms with van der Waals surface area (Å²) < 4.78 is 0. The minimum absolute atomic E-state index is 0.537. The van der Waals surface area contributed by atoms with Crippen LogP contribution in [0.25, 0.3) is 16.6 Å². The number of nitrogen functional groups attached to an aromatic ring is 1. The topological polar surface area (TPSA) is 101 Å². The highest BCUT2D eigenvalue weighted by molar-refractivity contribution is 5.80. The molecule has 6 nitrogen and oxygen atoms in total. The van der Waals surface area contributed by atoms with Gasteiger partial charge in [-0.3, -0.25) is 9.97 Å². The molecule has 32 heavy (non-hydrogen) atoms. The standard InChI is InChI=1S/C26H24N6/c1-16-8-26(28)32-18(3)24(16)15-30-17(2)21-6-7-29-23(12-21)11-19-4-5-25-22(9-19)10-20(13-27)14-31-25/h4-10,12,14,30H,2,11,15H2,1,3H3,(H2,28,32). The van der Waals surface area contributed by atoms with Crippen LogP contribution >= 0.6 is 0 Å². The number of anilines is 1. The van der Waals surface area contributed by atoms with Crippen molar-refractivity contribution in [3.8, 4) is 6.07 Å². The zero-order valence-electron chi connectivity index (χ0n) is 18.2. The molecule has 4 rings (SSSR count). The number of fused-ring (bicyclic) bond motifs is 1. The molecule has 0 fully saturated rings. The Kier molecular flexibility index (Phi) is 5.82. The molecule has 0 radical (unpaired) electrons. The van der Waals surface area contributed by atoms with Crippen molar-refractivity contribution in [2.24, 2.45) is 0 Å². The Labute approximate surface area is 187 Å². The fourth-order valence-corrected chi connectivity index (χ4v) is 3.78. The van der Waals surface area contributed by atoms with Crippen molar-refractivity contribution in [2.45, 2.75) is 26.8 Å². The molecule has 3 N–H and O–H groups in total. The summed E-state index contributed by atoms with van der Waals surface area (Å²) in [4.78, 5) is 13.2. The number of nitriles is 1. The van der Waals surface area contributed by atoms with Crippen LogP contribution in [0.15, 0.2) is 61.4 Å². The van der Waals surface area contributed by atoms with Crippen LogP contribution in [0.4, 0.5) is 5.82 Å². The Bertz CT molecular complexity index is 1340. The Hall–Kier alpha value is -4.24. The van der Waals surface area contributed by atoms with Gasteiger partial charge < -0.3 is 11.1 Å². The summed E-state index contributed by atoms with van der Waals surface area (Å²) in [6.45, 7) is 8.83. The maximum Gasteiger partial charge on any atom is 0.123 e. The minimum atomic E-state index is 0.537. The van der Waals surface area contributed by atoms with E-state index in [1.807, 2.05) is 50.2 Å².